The Morgan fingerprint density at radius 3 is 2.58 bits per heavy atom. The van der Waals surface area contributed by atoms with Crippen molar-refractivity contribution < 1.29 is 13.9 Å². The van der Waals surface area contributed by atoms with Crippen LogP contribution in [-0.4, -0.2) is 41.8 Å². The van der Waals surface area contributed by atoms with Crippen molar-refractivity contribution in [3.63, 3.8) is 0 Å². The van der Waals surface area contributed by atoms with Crippen LogP contribution in [-0.2, 0) is 11.3 Å². The fraction of sp³-hybridized carbons (Fsp3) is 0.235. The van der Waals surface area contributed by atoms with Crippen LogP contribution in [0.4, 0.5) is 0 Å². The molecule has 0 unspecified atom stereocenters. The lowest BCUT2D eigenvalue weighted by Gasteiger charge is -2.08. The molecular formula is C17H17N3O4. The number of fused-ring (bicyclic) bond motifs is 1. The smallest absolute Gasteiger partial charge is 0.437 e. The second-order valence-electron chi connectivity index (χ2n) is 5.48. The van der Waals surface area contributed by atoms with Crippen molar-refractivity contribution in [3.05, 3.63) is 46.9 Å². The van der Waals surface area contributed by atoms with Crippen LogP contribution in [0, 0.1) is 0 Å². The van der Waals surface area contributed by atoms with E-state index >= 15 is 0 Å². The van der Waals surface area contributed by atoms with Gasteiger partial charge < -0.3 is 14.1 Å². The first-order chi connectivity index (χ1) is 11.5. The van der Waals surface area contributed by atoms with E-state index in [0.29, 0.717) is 5.56 Å². The molecule has 1 aromatic heterocycles. The van der Waals surface area contributed by atoms with E-state index in [4.69, 9.17) is 9.15 Å². The fourth-order valence-electron chi connectivity index (χ4n) is 2.42. The molecule has 0 atom stereocenters. The van der Waals surface area contributed by atoms with E-state index in [1.54, 1.807) is 33.3 Å². The summed E-state index contributed by atoms with van der Waals surface area (Å²) in [6.07, 6.45) is 0. The average Bonchev–Trinajstić information content (AvgIpc) is 2.94. The average molecular weight is 327 g/mol. The number of benzene rings is 2. The van der Waals surface area contributed by atoms with Crippen LogP contribution < -0.4 is 10.5 Å². The van der Waals surface area contributed by atoms with E-state index in [1.807, 2.05) is 24.3 Å². The summed E-state index contributed by atoms with van der Waals surface area (Å²) >= 11 is 0. The van der Waals surface area contributed by atoms with Crippen molar-refractivity contribution >= 4 is 16.7 Å². The molecule has 2 aromatic carbocycles. The first-order valence-corrected chi connectivity index (χ1v) is 7.35. The van der Waals surface area contributed by atoms with Gasteiger partial charge in [-0.05, 0) is 17.5 Å². The number of nitrogens with zero attached hydrogens (tertiary/aromatic N) is 3. The van der Waals surface area contributed by atoms with Crippen molar-refractivity contribution in [2.24, 2.45) is 0 Å². The second kappa shape index (κ2) is 6.19. The van der Waals surface area contributed by atoms with Crippen LogP contribution in [0.2, 0.25) is 0 Å². The lowest BCUT2D eigenvalue weighted by atomic mass is 10.0. The molecule has 7 heteroatoms. The van der Waals surface area contributed by atoms with Gasteiger partial charge in [0.2, 0.25) is 11.8 Å². The topological polar surface area (TPSA) is 77.6 Å². The summed E-state index contributed by atoms with van der Waals surface area (Å²) in [5.74, 6) is -0.0130. The van der Waals surface area contributed by atoms with Crippen LogP contribution in [0.1, 0.15) is 0 Å². The third-order valence-electron chi connectivity index (χ3n) is 3.72. The summed E-state index contributed by atoms with van der Waals surface area (Å²) in [6, 6.07) is 11.2. The molecular weight excluding hydrogens is 310 g/mol. The Labute approximate surface area is 138 Å². The maximum absolute atomic E-state index is 12.0. The SMILES string of the molecule is COc1ccc(-c2nn(CC(=O)N(C)C)c(=O)o2)c2ccccc12. The van der Waals surface area contributed by atoms with Gasteiger partial charge in [0.15, 0.2) is 0 Å². The van der Waals surface area contributed by atoms with E-state index in [-0.39, 0.29) is 18.3 Å². The van der Waals surface area contributed by atoms with Crippen LogP contribution in [0.25, 0.3) is 22.2 Å². The number of rotatable bonds is 4. The summed E-state index contributed by atoms with van der Waals surface area (Å²) in [7, 11) is 4.83. The van der Waals surface area contributed by atoms with Crippen molar-refractivity contribution in [3.8, 4) is 17.2 Å². The second-order valence-corrected chi connectivity index (χ2v) is 5.48. The largest absolute Gasteiger partial charge is 0.496 e. The van der Waals surface area contributed by atoms with Crippen molar-refractivity contribution in [2.75, 3.05) is 21.2 Å². The molecule has 3 rings (SSSR count). The van der Waals surface area contributed by atoms with Gasteiger partial charge in [-0.2, -0.15) is 4.68 Å². The van der Waals surface area contributed by atoms with Gasteiger partial charge in [0.05, 0.1) is 7.11 Å². The Morgan fingerprint density at radius 2 is 1.92 bits per heavy atom. The minimum absolute atomic E-state index is 0.163. The molecule has 7 nitrogen and oxygen atoms in total. The molecule has 0 N–H and O–H groups in total. The Kier molecular flexibility index (Phi) is 4.07. The predicted octanol–water partition coefficient (Wildman–Crippen LogP) is 1.75. The monoisotopic (exact) mass is 327 g/mol. The summed E-state index contributed by atoms with van der Waals surface area (Å²) in [5, 5.41) is 5.90. The minimum atomic E-state index is -0.667. The van der Waals surface area contributed by atoms with E-state index < -0.39 is 5.76 Å². The molecule has 0 bridgehead atoms. The number of hydrogen-bond donors (Lipinski definition) is 0. The summed E-state index contributed by atoms with van der Waals surface area (Å²) in [5.41, 5.74) is 0.666. The third-order valence-corrected chi connectivity index (χ3v) is 3.72. The Hall–Kier alpha value is -3.09. The number of methoxy groups -OCH3 is 1. The van der Waals surface area contributed by atoms with Gasteiger partial charge in [-0.1, -0.05) is 24.3 Å². The molecule has 1 amide bonds. The van der Waals surface area contributed by atoms with Gasteiger partial charge in [-0.15, -0.1) is 5.10 Å². The Balaban J connectivity index is 2.09. The van der Waals surface area contributed by atoms with Crippen molar-refractivity contribution in [2.45, 2.75) is 6.54 Å². The van der Waals surface area contributed by atoms with Crippen LogP contribution >= 0.6 is 0 Å². The summed E-state index contributed by atoms with van der Waals surface area (Å²) in [6.45, 7) is -0.163. The summed E-state index contributed by atoms with van der Waals surface area (Å²) in [4.78, 5) is 25.1. The molecule has 3 aromatic rings. The summed E-state index contributed by atoms with van der Waals surface area (Å²) < 4.78 is 11.6. The molecule has 0 saturated heterocycles. The molecule has 0 aliphatic carbocycles. The molecule has 0 saturated carbocycles. The molecule has 0 radical (unpaired) electrons. The normalized spacial score (nSPS) is 10.8. The lowest BCUT2D eigenvalue weighted by Crippen LogP contribution is -2.30. The number of amides is 1. The first-order valence-electron chi connectivity index (χ1n) is 7.35. The quantitative estimate of drug-likeness (QED) is 0.729. The van der Waals surface area contributed by atoms with Gasteiger partial charge >= 0.3 is 5.76 Å². The van der Waals surface area contributed by atoms with Crippen LogP contribution in [0.3, 0.4) is 0 Å². The van der Waals surface area contributed by atoms with E-state index in [1.165, 1.54) is 4.90 Å². The molecule has 24 heavy (non-hydrogen) atoms. The number of hydrogen-bond acceptors (Lipinski definition) is 5. The highest BCUT2D eigenvalue weighted by molar-refractivity contribution is 5.98. The van der Waals surface area contributed by atoms with Crippen molar-refractivity contribution in [1.29, 1.82) is 0 Å². The molecule has 0 fully saturated rings. The van der Waals surface area contributed by atoms with Crippen LogP contribution in [0.5, 0.6) is 5.75 Å². The first kappa shape index (κ1) is 15.8. The highest BCUT2D eigenvalue weighted by Crippen LogP contribution is 2.33. The van der Waals surface area contributed by atoms with Crippen LogP contribution in [0.15, 0.2) is 45.6 Å². The fourth-order valence-corrected chi connectivity index (χ4v) is 2.42. The van der Waals surface area contributed by atoms with E-state index in [9.17, 15) is 9.59 Å². The Bertz CT molecular complexity index is 956. The number of carbonyl (C=O) groups is 1. The number of likely N-dealkylation sites (N-methyl/N-ethyl adjacent to an activating group) is 1. The van der Waals surface area contributed by atoms with Gasteiger partial charge in [0, 0.05) is 25.0 Å². The van der Waals surface area contributed by atoms with Gasteiger partial charge in [0.1, 0.15) is 12.3 Å². The van der Waals surface area contributed by atoms with E-state index in [2.05, 4.69) is 5.10 Å². The maximum Gasteiger partial charge on any atom is 0.437 e. The zero-order valence-electron chi connectivity index (χ0n) is 13.6. The highest BCUT2D eigenvalue weighted by Gasteiger charge is 2.17. The molecule has 0 aliphatic heterocycles. The lowest BCUT2D eigenvalue weighted by molar-refractivity contribution is -0.129. The molecule has 0 aliphatic rings. The van der Waals surface area contributed by atoms with Gasteiger partial charge in [-0.3, -0.25) is 4.79 Å². The zero-order chi connectivity index (χ0) is 17.3. The van der Waals surface area contributed by atoms with Crippen molar-refractivity contribution in [1.82, 2.24) is 14.7 Å². The number of aromatic nitrogens is 2. The van der Waals surface area contributed by atoms with E-state index in [0.717, 1.165) is 21.2 Å². The predicted molar refractivity (Wildman–Crippen MR) is 89.0 cm³/mol. The number of ether oxygens (including phenoxy) is 1. The number of carbonyl (C=O) groups excluding carboxylic acids is 1. The standard InChI is InChI=1S/C17H17N3O4/c1-19(2)15(21)10-20-17(22)24-16(18-20)13-8-9-14(23-3)12-7-5-4-6-11(12)13/h4-9H,10H2,1-3H3. The highest BCUT2D eigenvalue weighted by atomic mass is 16.5. The Morgan fingerprint density at radius 1 is 1.21 bits per heavy atom. The third kappa shape index (κ3) is 2.76. The molecule has 124 valence electrons. The molecule has 0 spiro atoms. The zero-order valence-corrected chi connectivity index (χ0v) is 13.6. The minimum Gasteiger partial charge on any atom is -0.496 e. The maximum atomic E-state index is 12.0. The van der Waals surface area contributed by atoms with Gasteiger partial charge in [-0.25, -0.2) is 4.79 Å². The van der Waals surface area contributed by atoms with Gasteiger partial charge in [0.25, 0.3) is 0 Å². The molecule has 1 heterocycles.